The summed E-state index contributed by atoms with van der Waals surface area (Å²) in [5, 5.41) is 21.6. The molecule has 1 fully saturated rings. The van der Waals surface area contributed by atoms with E-state index in [0.29, 0.717) is 0 Å². The number of alkyl carbamates (subject to hydrolysis) is 1. The molecule has 1 saturated heterocycles. The summed E-state index contributed by atoms with van der Waals surface area (Å²) in [5.74, 6) is -1.40. The molecule has 0 aromatic heterocycles. The number of rotatable bonds is 5. The lowest BCUT2D eigenvalue weighted by Gasteiger charge is -2.30. The van der Waals surface area contributed by atoms with Crippen LogP contribution in [0.3, 0.4) is 0 Å². The van der Waals surface area contributed by atoms with E-state index in [4.69, 9.17) is 9.47 Å². The molecule has 0 spiro atoms. The fraction of sp³-hybridized carbons (Fsp3) is 0.800. The van der Waals surface area contributed by atoms with Gasteiger partial charge in [-0.15, -0.1) is 0 Å². The SMILES string of the molecule is CCOC(=O)[C@@H]1CCC(O)N1C(=O)[C@H](CO)NC(=O)OC(C)(C)C. The molecule has 1 aliphatic rings. The van der Waals surface area contributed by atoms with Gasteiger partial charge in [0.2, 0.25) is 5.91 Å². The highest BCUT2D eigenvalue weighted by Gasteiger charge is 2.43. The van der Waals surface area contributed by atoms with E-state index in [1.54, 1.807) is 27.7 Å². The molecular formula is C15H26N2O7. The second kappa shape index (κ2) is 8.29. The van der Waals surface area contributed by atoms with Crippen LogP contribution in [-0.4, -0.2) is 70.2 Å². The van der Waals surface area contributed by atoms with Gasteiger partial charge in [-0.05, 0) is 40.5 Å². The van der Waals surface area contributed by atoms with Gasteiger partial charge in [-0.1, -0.05) is 0 Å². The van der Waals surface area contributed by atoms with Gasteiger partial charge >= 0.3 is 12.1 Å². The largest absolute Gasteiger partial charge is 0.464 e. The topological polar surface area (TPSA) is 125 Å². The van der Waals surface area contributed by atoms with Gasteiger partial charge in [0.15, 0.2) is 0 Å². The Hall–Kier alpha value is -1.87. The number of esters is 1. The second-order valence-corrected chi connectivity index (χ2v) is 6.45. The number of hydrogen-bond donors (Lipinski definition) is 3. The number of aliphatic hydroxyl groups excluding tert-OH is 2. The van der Waals surface area contributed by atoms with E-state index in [-0.39, 0.29) is 19.4 Å². The number of carbonyl (C=O) groups is 3. The van der Waals surface area contributed by atoms with Crippen molar-refractivity contribution in [3.63, 3.8) is 0 Å². The monoisotopic (exact) mass is 346 g/mol. The van der Waals surface area contributed by atoms with Gasteiger partial charge in [-0.2, -0.15) is 0 Å². The minimum Gasteiger partial charge on any atom is -0.464 e. The Morgan fingerprint density at radius 2 is 1.92 bits per heavy atom. The predicted molar refractivity (Wildman–Crippen MR) is 82.8 cm³/mol. The summed E-state index contributed by atoms with van der Waals surface area (Å²) in [6, 6.07) is -2.27. The van der Waals surface area contributed by atoms with Crippen molar-refractivity contribution in [3.8, 4) is 0 Å². The van der Waals surface area contributed by atoms with Crippen LogP contribution < -0.4 is 5.32 Å². The van der Waals surface area contributed by atoms with Crippen LogP contribution in [0.1, 0.15) is 40.5 Å². The molecule has 9 heteroatoms. The van der Waals surface area contributed by atoms with Crippen LogP contribution in [0.2, 0.25) is 0 Å². The normalized spacial score (nSPS) is 22.0. The van der Waals surface area contributed by atoms with Gasteiger partial charge in [0.1, 0.15) is 23.9 Å². The average molecular weight is 346 g/mol. The fourth-order valence-corrected chi connectivity index (χ4v) is 2.38. The Labute approximate surface area is 140 Å². The molecule has 9 nitrogen and oxygen atoms in total. The minimum atomic E-state index is -1.33. The Morgan fingerprint density at radius 1 is 1.29 bits per heavy atom. The molecule has 0 saturated carbocycles. The summed E-state index contributed by atoms with van der Waals surface area (Å²) in [7, 11) is 0. The van der Waals surface area contributed by atoms with Crippen molar-refractivity contribution in [2.24, 2.45) is 0 Å². The van der Waals surface area contributed by atoms with E-state index in [1.807, 2.05) is 0 Å². The predicted octanol–water partition coefficient (Wildman–Crippen LogP) is -0.255. The van der Waals surface area contributed by atoms with Crippen LogP contribution in [0.5, 0.6) is 0 Å². The van der Waals surface area contributed by atoms with Gasteiger partial charge in [-0.3, -0.25) is 4.79 Å². The van der Waals surface area contributed by atoms with E-state index >= 15 is 0 Å². The number of amides is 2. The third-order valence-corrected chi connectivity index (χ3v) is 3.34. The molecule has 24 heavy (non-hydrogen) atoms. The van der Waals surface area contributed by atoms with Crippen LogP contribution in [0.4, 0.5) is 4.79 Å². The molecular weight excluding hydrogens is 320 g/mol. The quantitative estimate of drug-likeness (QED) is 0.586. The summed E-state index contributed by atoms with van der Waals surface area (Å²) < 4.78 is 9.93. The first-order valence-corrected chi connectivity index (χ1v) is 7.88. The molecule has 138 valence electrons. The first-order valence-electron chi connectivity index (χ1n) is 7.88. The third kappa shape index (κ3) is 5.34. The summed E-state index contributed by atoms with van der Waals surface area (Å²) >= 11 is 0. The zero-order chi connectivity index (χ0) is 18.5. The van der Waals surface area contributed by atoms with Crippen molar-refractivity contribution in [1.82, 2.24) is 10.2 Å². The fourth-order valence-electron chi connectivity index (χ4n) is 2.38. The lowest BCUT2D eigenvalue weighted by atomic mass is 10.2. The maximum Gasteiger partial charge on any atom is 0.408 e. The van der Waals surface area contributed by atoms with Crippen molar-refractivity contribution in [1.29, 1.82) is 0 Å². The number of hydrogen-bond acceptors (Lipinski definition) is 7. The molecule has 1 aliphatic heterocycles. The number of aliphatic hydroxyl groups is 2. The van der Waals surface area contributed by atoms with Crippen molar-refractivity contribution in [2.75, 3.05) is 13.2 Å². The summed E-state index contributed by atoms with van der Waals surface area (Å²) in [5.41, 5.74) is -0.770. The number of likely N-dealkylation sites (tertiary alicyclic amines) is 1. The highest BCUT2D eigenvalue weighted by Crippen LogP contribution is 2.24. The van der Waals surface area contributed by atoms with E-state index < -0.39 is 48.5 Å². The zero-order valence-electron chi connectivity index (χ0n) is 14.4. The highest BCUT2D eigenvalue weighted by atomic mass is 16.6. The first kappa shape index (κ1) is 20.2. The molecule has 1 rings (SSSR count). The van der Waals surface area contributed by atoms with E-state index in [1.165, 1.54) is 0 Å². The Kier molecular flexibility index (Phi) is 6.97. The molecule has 0 aliphatic carbocycles. The molecule has 3 atom stereocenters. The Balaban J connectivity index is 2.82. The number of nitrogens with one attached hydrogen (secondary N) is 1. The highest BCUT2D eigenvalue weighted by molar-refractivity contribution is 5.90. The first-order chi connectivity index (χ1) is 11.1. The van der Waals surface area contributed by atoms with Crippen molar-refractivity contribution >= 4 is 18.0 Å². The standard InChI is InChI=1S/C15H26N2O7/c1-5-23-13(21)10-6-7-11(19)17(10)12(20)9(8-18)16-14(22)24-15(2,3)4/h9-11,18-19H,5-8H2,1-4H3,(H,16,22)/t9-,10-,11?/m0/s1. The zero-order valence-corrected chi connectivity index (χ0v) is 14.4. The van der Waals surface area contributed by atoms with E-state index in [2.05, 4.69) is 5.32 Å². The molecule has 0 bridgehead atoms. The maximum absolute atomic E-state index is 12.5. The maximum atomic E-state index is 12.5. The number of nitrogens with zero attached hydrogens (tertiary/aromatic N) is 1. The smallest absolute Gasteiger partial charge is 0.408 e. The lowest BCUT2D eigenvalue weighted by molar-refractivity contribution is -0.159. The summed E-state index contributed by atoms with van der Waals surface area (Å²) in [4.78, 5) is 37.2. The molecule has 2 amide bonds. The number of carbonyl (C=O) groups excluding carboxylic acids is 3. The van der Waals surface area contributed by atoms with Crippen LogP contribution in [-0.2, 0) is 19.1 Å². The molecule has 1 heterocycles. The summed E-state index contributed by atoms with van der Waals surface area (Å²) in [6.45, 7) is 6.05. The summed E-state index contributed by atoms with van der Waals surface area (Å²) in [6.07, 6.45) is -1.60. The van der Waals surface area contributed by atoms with Crippen LogP contribution in [0.25, 0.3) is 0 Å². The lowest BCUT2D eigenvalue weighted by Crippen LogP contribution is -2.56. The molecule has 0 aromatic carbocycles. The van der Waals surface area contributed by atoms with Crippen LogP contribution in [0, 0.1) is 0 Å². The van der Waals surface area contributed by atoms with Gasteiger partial charge in [-0.25, -0.2) is 9.59 Å². The minimum absolute atomic E-state index is 0.146. The van der Waals surface area contributed by atoms with Crippen LogP contribution >= 0.6 is 0 Å². The third-order valence-electron chi connectivity index (χ3n) is 3.34. The van der Waals surface area contributed by atoms with Crippen molar-refractivity contribution in [3.05, 3.63) is 0 Å². The van der Waals surface area contributed by atoms with Crippen molar-refractivity contribution < 1.29 is 34.1 Å². The van der Waals surface area contributed by atoms with Gasteiger partial charge in [0, 0.05) is 0 Å². The Morgan fingerprint density at radius 3 is 2.42 bits per heavy atom. The van der Waals surface area contributed by atoms with Gasteiger partial charge in [0.25, 0.3) is 0 Å². The molecule has 3 N–H and O–H groups in total. The molecule has 0 radical (unpaired) electrons. The van der Waals surface area contributed by atoms with E-state index in [0.717, 1.165) is 4.90 Å². The average Bonchev–Trinajstić information content (AvgIpc) is 2.84. The van der Waals surface area contributed by atoms with Gasteiger partial charge in [0.05, 0.1) is 13.2 Å². The van der Waals surface area contributed by atoms with E-state index in [9.17, 15) is 24.6 Å². The Bertz CT molecular complexity index is 475. The van der Waals surface area contributed by atoms with Gasteiger partial charge < -0.3 is 29.9 Å². The molecule has 1 unspecified atom stereocenters. The van der Waals surface area contributed by atoms with Crippen molar-refractivity contribution in [2.45, 2.75) is 64.4 Å². The van der Waals surface area contributed by atoms with Crippen LogP contribution in [0.15, 0.2) is 0 Å². The molecule has 0 aromatic rings. The second-order valence-electron chi connectivity index (χ2n) is 6.45. The number of ether oxygens (including phenoxy) is 2.